The molecule has 0 aliphatic carbocycles. The highest BCUT2D eigenvalue weighted by Crippen LogP contribution is 2.30. The van der Waals surface area contributed by atoms with Gasteiger partial charge in [-0.1, -0.05) is 44.2 Å². The van der Waals surface area contributed by atoms with Crippen LogP contribution in [-0.4, -0.2) is 64.5 Å². The van der Waals surface area contributed by atoms with E-state index in [1.165, 1.54) is 16.5 Å². The molecule has 1 saturated heterocycles. The molecule has 0 saturated carbocycles. The minimum Gasteiger partial charge on any atom is -0.444 e. The predicted molar refractivity (Wildman–Crippen MR) is 149 cm³/mol. The number of carbonyl (C=O) groups excluding carboxylic acids is 2. The summed E-state index contributed by atoms with van der Waals surface area (Å²) in [5, 5.41) is 3.39. The van der Waals surface area contributed by atoms with Crippen LogP contribution in [0.5, 0.6) is 0 Å². The number of fused-ring (bicyclic) bond motifs is 1. The standard InChI is InChI=1S/C29H40N6O3/c1-5-10-25(33-15-8-17-34(18-9-16-33)26(36)6-2)23-13-11-22(12-14-23)21(4)31-28-30-19-24-20-38-29(37)35(7-3)27(24)32-28/h6,11-14,19,21,25H,2,5,7-10,15-18,20H2,1,3-4H3,(H,30,31,32)/t21-,25?/m0/s1. The van der Waals surface area contributed by atoms with Crippen molar-refractivity contribution in [2.24, 2.45) is 0 Å². The molecule has 1 N–H and O–H groups in total. The number of cyclic esters (lactones) is 1. The van der Waals surface area contributed by atoms with E-state index in [1.807, 2.05) is 11.8 Å². The second-order valence-corrected chi connectivity index (χ2v) is 9.95. The normalized spacial score (nSPS) is 18.0. The third-order valence-corrected chi connectivity index (χ3v) is 7.39. The molecule has 1 aromatic carbocycles. The molecule has 0 bridgehead atoms. The predicted octanol–water partition coefficient (Wildman–Crippen LogP) is 5.08. The van der Waals surface area contributed by atoms with E-state index in [2.05, 4.69) is 64.9 Å². The minimum absolute atomic E-state index is 0.00702. The Hall–Kier alpha value is -3.46. The van der Waals surface area contributed by atoms with Crippen molar-refractivity contribution in [3.8, 4) is 0 Å². The number of amides is 2. The molecule has 1 aromatic heterocycles. The highest BCUT2D eigenvalue weighted by atomic mass is 16.6. The van der Waals surface area contributed by atoms with Crippen molar-refractivity contribution in [1.29, 1.82) is 0 Å². The number of anilines is 2. The van der Waals surface area contributed by atoms with Gasteiger partial charge in [-0.05, 0) is 50.3 Å². The Bertz CT molecular complexity index is 1110. The maximum absolute atomic E-state index is 12.1. The Morgan fingerprint density at radius 1 is 1.13 bits per heavy atom. The fourth-order valence-electron chi connectivity index (χ4n) is 5.32. The molecule has 9 nitrogen and oxygen atoms in total. The van der Waals surface area contributed by atoms with E-state index in [0.717, 1.165) is 63.0 Å². The molecule has 4 rings (SSSR count). The van der Waals surface area contributed by atoms with Crippen molar-refractivity contribution in [3.63, 3.8) is 0 Å². The summed E-state index contributed by atoms with van der Waals surface area (Å²) < 4.78 is 5.19. The number of benzene rings is 1. The summed E-state index contributed by atoms with van der Waals surface area (Å²) in [6.45, 7) is 14.1. The molecule has 38 heavy (non-hydrogen) atoms. The molecular formula is C29H40N6O3. The Balaban J connectivity index is 1.42. The van der Waals surface area contributed by atoms with E-state index < -0.39 is 0 Å². The molecule has 3 heterocycles. The van der Waals surface area contributed by atoms with Gasteiger partial charge in [0, 0.05) is 45.0 Å². The van der Waals surface area contributed by atoms with Crippen LogP contribution in [0, 0.1) is 0 Å². The Morgan fingerprint density at radius 2 is 1.82 bits per heavy atom. The highest BCUT2D eigenvalue weighted by Gasteiger charge is 2.27. The second kappa shape index (κ2) is 12.9. The van der Waals surface area contributed by atoms with Gasteiger partial charge < -0.3 is 15.0 Å². The Labute approximate surface area is 225 Å². The Kier molecular flexibility index (Phi) is 9.33. The first kappa shape index (κ1) is 27.6. The third kappa shape index (κ3) is 6.32. The van der Waals surface area contributed by atoms with Crippen molar-refractivity contribution >= 4 is 23.8 Å². The monoisotopic (exact) mass is 520 g/mol. The van der Waals surface area contributed by atoms with Gasteiger partial charge >= 0.3 is 6.09 Å². The van der Waals surface area contributed by atoms with Crippen LogP contribution in [0.15, 0.2) is 43.1 Å². The fraction of sp³-hybridized carbons (Fsp3) is 0.517. The zero-order chi connectivity index (χ0) is 27.1. The lowest BCUT2D eigenvalue weighted by molar-refractivity contribution is -0.126. The van der Waals surface area contributed by atoms with Gasteiger partial charge in [-0.2, -0.15) is 4.98 Å². The van der Waals surface area contributed by atoms with Crippen molar-refractivity contribution in [2.45, 2.75) is 65.1 Å². The van der Waals surface area contributed by atoms with Gasteiger partial charge in [-0.15, -0.1) is 0 Å². The molecule has 1 fully saturated rings. The molecule has 0 spiro atoms. The molecule has 2 aromatic rings. The first-order valence-electron chi connectivity index (χ1n) is 13.8. The van der Waals surface area contributed by atoms with Gasteiger partial charge in [-0.3, -0.25) is 14.6 Å². The fourth-order valence-corrected chi connectivity index (χ4v) is 5.32. The molecular weight excluding hydrogens is 480 g/mol. The lowest BCUT2D eigenvalue weighted by atomic mass is 9.97. The SMILES string of the molecule is C=CC(=O)N1CCCN(C(CCC)c2ccc([C@H](C)Nc3ncc4c(n3)N(CC)C(=O)OC4)cc2)CCC1. The maximum Gasteiger partial charge on any atom is 0.415 e. The largest absolute Gasteiger partial charge is 0.444 e. The van der Waals surface area contributed by atoms with Crippen LogP contribution in [-0.2, 0) is 16.1 Å². The average Bonchev–Trinajstić information content (AvgIpc) is 2.91. The van der Waals surface area contributed by atoms with Gasteiger partial charge in [0.1, 0.15) is 12.4 Å². The number of aromatic nitrogens is 2. The zero-order valence-corrected chi connectivity index (χ0v) is 22.9. The van der Waals surface area contributed by atoms with Crippen LogP contribution >= 0.6 is 0 Å². The maximum atomic E-state index is 12.1. The number of nitrogens with one attached hydrogen (secondary N) is 1. The molecule has 2 atom stereocenters. The lowest BCUT2D eigenvalue weighted by Gasteiger charge is -2.35. The first-order chi connectivity index (χ1) is 18.4. The molecule has 0 radical (unpaired) electrons. The number of ether oxygens (including phenoxy) is 1. The van der Waals surface area contributed by atoms with E-state index in [0.29, 0.717) is 24.4 Å². The molecule has 1 unspecified atom stereocenters. The summed E-state index contributed by atoms with van der Waals surface area (Å²) in [6.07, 6.45) is 6.91. The van der Waals surface area contributed by atoms with Gasteiger partial charge in [0.05, 0.1) is 11.6 Å². The minimum atomic E-state index is -0.377. The topological polar surface area (TPSA) is 90.9 Å². The summed E-state index contributed by atoms with van der Waals surface area (Å²) in [5.74, 6) is 1.13. The van der Waals surface area contributed by atoms with Crippen LogP contribution in [0.1, 0.15) is 75.2 Å². The molecule has 2 aliphatic rings. The quantitative estimate of drug-likeness (QED) is 0.461. The highest BCUT2D eigenvalue weighted by molar-refractivity contribution is 5.89. The average molecular weight is 521 g/mol. The second-order valence-electron chi connectivity index (χ2n) is 9.95. The van der Waals surface area contributed by atoms with E-state index in [9.17, 15) is 9.59 Å². The van der Waals surface area contributed by atoms with Gasteiger partial charge in [-0.25, -0.2) is 9.78 Å². The third-order valence-electron chi connectivity index (χ3n) is 7.39. The first-order valence-corrected chi connectivity index (χ1v) is 13.8. The van der Waals surface area contributed by atoms with Gasteiger partial charge in [0.15, 0.2) is 0 Å². The van der Waals surface area contributed by atoms with Crippen LogP contribution in [0.25, 0.3) is 0 Å². The van der Waals surface area contributed by atoms with Crippen molar-refractivity contribution in [2.75, 3.05) is 42.9 Å². The smallest absolute Gasteiger partial charge is 0.415 e. The summed E-state index contributed by atoms with van der Waals surface area (Å²) in [7, 11) is 0. The number of rotatable bonds is 9. The van der Waals surface area contributed by atoms with Crippen LogP contribution < -0.4 is 10.2 Å². The number of nitrogens with zero attached hydrogens (tertiary/aromatic N) is 5. The summed E-state index contributed by atoms with van der Waals surface area (Å²) >= 11 is 0. The van der Waals surface area contributed by atoms with Crippen molar-refractivity contribution in [1.82, 2.24) is 19.8 Å². The zero-order valence-electron chi connectivity index (χ0n) is 22.9. The number of hydrogen-bond acceptors (Lipinski definition) is 7. The van der Waals surface area contributed by atoms with Crippen LogP contribution in [0.3, 0.4) is 0 Å². The van der Waals surface area contributed by atoms with Crippen LogP contribution in [0.2, 0.25) is 0 Å². The summed E-state index contributed by atoms with van der Waals surface area (Å²) in [5.41, 5.74) is 3.27. The van der Waals surface area contributed by atoms with E-state index in [-0.39, 0.29) is 24.6 Å². The van der Waals surface area contributed by atoms with Gasteiger partial charge in [0.25, 0.3) is 0 Å². The van der Waals surface area contributed by atoms with E-state index in [4.69, 9.17) is 4.74 Å². The molecule has 2 amide bonds. The molecule has 9 heteroatoms. The number of carbonyl (C=O) groups is 2. The summed E-state index contributed by atoms with van der Waals surface area (Å²) in [6, 6.07) is 9.19. The lowest BCUT2D eigenvalue weighted by Crippen LogP contribution is -2.40. The Morgan fingerprint density at radius 3 is 2.45 bits per heavy atom. The summed E-state index contributed by atoms with van der Waals surface area (Å²) in [4.78, 5) is 39.2. The van der Waals surface area contributed by atoms with Crippen molar-refractivity contribution in [3.05, 3.63) is 59.8 Å². The number of hydrogen-bond donors (Lipinski definition) is 1. The van der Waals surface area contributed by atoms with E-state index >= 15 is 0 Å². The molecule has 204 valence electrons. The molecule has 2 aliphatic heterocycles. The van der Waals surface area contributed by atoms with E-state index in [1.54, 1.807) is 6.20 Å². The van der Waals surface area contributed by atoms with Gasteiger partial charge in [0.2, 0.25) is 11.9 Å². The van der Waals surface area contributed by atoms with Crippen molar-refractivity contribution < 1.29 is 14.3 Å². The van der Waals surface area contributed by atoms with Crippen LogP contribution in [0.4, 0.5) is 16.6 Å².